The van der Waals surface area contributed by atoms with Crippen molar-refractivity contribution >= 4 is 11.9 Å². The summed E-state index contributed by atoms with van der Waals surface area (Å²) in [4.78, 5) is 17.1. The molecule has 2 aromatic rings. The quantitative estimate of drug-likeness (QED) is 0.780. The van der Waals surface area contributed by atoms with Crippen LogP contribution in [0.1, 0.15) is 39.3 Å². The van der Waals surface area contributed by atoms with E-state index < -0.39 is 12.0 Å². The third-order valence-corrected chi connectivity index (χ3v) is 4.16. The van der Waals surface area contributed by atoms with Crippen LogP contribution >= 0.6 is 0 Å². The molecule has 1 unspecified atom stereocenters. The second-order valence-electron chi connectivity index (χ2n) is 6.39. The molecule has 8 heteroatoms. The Labute approximate surface area is 158 Å². The Bertz CT molecular complexity index is 872. The number of nitrogens with zero attached hydrogens (tertiary/aromatic N) is 3. The summed E-state index contributed by atoms with van der Waals surface area (Å²) in [6.45, 7) is 7.87. The van der Waals surface area contributed by atoms with Gasteiger partial charge in [-0.2, -0.15) is 10.1 Å². The Morgan fingerprint density at radius 3 is 2.78 bits per heavy atom. The lowest BCUT2D eigenvalue weighted by molar-refractivity contribution is -0.143. The van der Waals surface area contributed by atoms with Gasteiger partial charge >= 0.3 is 5.97 Å². The number of anilines is 1. The van der Waals surface area contributed by atoms with Crippen LogP contribution in [-0.4, -0.2) is 40.6 Å². The maximum Gasteiger partial charge on any atom is 0.338 e. The summed E-state index contributed by atoms with van der Waals surface area (Å²) in [6, 6.07) is 5.08. The molecule has 27 heavy (non-hydrogen) atoms. The second-order valence-corrected chi connectivity index (χ2v) is 6.39. The van der Waals surface area contributed by atoms with Crippen LogP contribution in [0, 0.1) is 0 Å². The van der Waals surface area contributed by atoms with E-state index in [0.29, 0.717) is 35.3 Å². The predicted molar refractivity (Wildman–Crippen MR) is 99.9 cm³/mol. The fourth-order valence-electron chi connectivity index (χ4n) is 3.07. The highest BCUT2D eigenvalue weighted by atomic mass is 16.5. The SMILES string of the molecule is CCOc1cc(C2C(C(=O)OC(C)C)=C(C)Nc3ncnn32)ccc1OC. The molecular formula is C19H24N4O4. The Morgan fingerprint density at radius 2 is 2.11 bits per heavy atom. The number of hydrogen-bond donors (Lipinski definition) is 1. The highest BCUT2D eigenvalue weighted by Gasteiger charge is 2.35. The Hall–Kier alpha value is -3.03. The molecule has 1 aliphatic rings. The summed E-state index contributed by atoms with van der Waals surface area (Å²) >= 11 is 0. The van der Waals surface area contributed by atoms with Gasteiger partial charge in [0.05, 0.1) is 25.4 Å². The molecule has 1 aliphatic heterocycles. The van der Waals surface area contributed by atoms with Gasteiger partial charge in [0.1, 0.15) is 12.4 Å². The highest BCUT2D eigenvalue weighted by Crippen LogP contribution is 2.38. The summed E-state index contributed by atoms with van der Waals surface area (Å²) in [7, 11) is 1.59. The molecule has 2 heterocycles. The van der Waals surface area contributed by atoms with Crippen LogP contribution in [0.3, 0.4) is 0 Å². The molecule has 8 nitrogen and oxygen atoms in total. The smallest absolute Gasteiger partial charge is 0.338 e. The van der Waals surface area contributed by atoms with Crippen molar-refractivity contribution in [3.8, 4) is 11.5 Å². The first kappa shape index (κ1) is 18.8. The first-order valence-corrected chi connectivity index (χ1v) is 8.85. The standard InChI is InChI=1S/C19H24N4O4/c1-6-26-15-9-13(7-8-14(15)25-5)17-16(18(24)27-11(2)3)12(4)22-19-20-10-21-23(17)19/h7-11,17H,6H2,1-5H3,(H,20,21,22). The lowest BCUT2D eigenvalue weighted by atomic mass is 9.95. The fraction of sp³-hybridized carbons (Fsp3) is 0.421. The second kappa shape index (κ2) is 7.69. The fourth-order valence-corrected chi connectivity index (χ4v) is 3.07. The van der Waals surface area contributed by atoms with Gasteiger partial charge in [-0.25, -0.2) is 9.48 Å². The van der Waals surface area contributed by atoms with Crippen LogP contribution in [0.4, 0.5) is 5.95 Å². The number of ether oxygens (including phenoxy) is 3. The van der Waals surface area contributed by atoms with Gasteiger partial charge in [0.25, 0.3) is 0 Å². The Kier molecular flexibility index (Phi) is 5.34. The molecule has 0 saturated heterocycles. The summed E-state index contributed by atoms with van der Waals surface area (Å²) in [5.74, 6) is 1.40. The van der Waals surface area contributed by atoms with Gasteiger partial charge in [-0.05, 0) is 45.4 Å². The average Bonchev–Trinajstić information content (AvgIpc) is 3.08. The van der Waals surface area contributed by atoms with E-state index >= 15 is 0 Å². The average molecular weight is 372 g/mol. The van der Waals surface area contributed by atoms with E-state index in [0.717, 1.165) is 5.56 Å². The molecule has 0 saturated carbocycles. The van der Waals surface area contributed by atoms with Crippen molar-refractivity contribution in [1.82, 2.24) is 14.8 Å². The maximum absolute atomic E-state index is 12.8. The van der Waals surface area contributed by atoms with Crippen molar-refractivity contribution in [3.63, 3.8) is 0 Å². The number of carbonyl (C=O) groups excluding carboxylic acids is 1. The van der Waals surface area contributed by atoms with Crippen molar-refractivity contribution in [2.45, 2.75) is 39.8 Å². The van der Waals surface area contributed by atoms with E-state index in [1.807, 2.05) is 45.9 Å². The van der Waals surface area contributed by atoms with Crippen LogP contribution in [0.5, 0.6) is 11.5 Å². The molecule has 1 atom stereocenters. The lowest BCUT2D eigenvalue weighted by Crippen LogP contribution is -2.30. The number of esters is 1. The van der Waals surface area contributed by atoms with Crippen LogP contribution in [0.15, 0.2) is 35.8 Å². The zero-order chi connectivity index (χ0) is 19.6. The molecule has 0 fully saturated rings. The van der Waals surface area contributed by atoms with Crippen LogP contribution < -0.4 is 14.8 Å². The zero-order valence-corrected chi connectivity index (χ0v) is 16.1. The molecule has 1 aromatic carbocycles. The van der Waals surface area contributed by atoms with E-state index in [4.69, 9.17) is 14.2 Å². The first-order chi connectivity index (χ1) is 13.0. The van der Waals surface area contributed by atoms with Gasteiger partial charge in [0, 0.05) is 5.70 Å². The summed E-state index contributed by atoms with van der Waals surface area (Å²) in [6.07, 6.45) is 1.22. The van der Waals surface area contributed by atoms with Crippen LogP contribution in [0.2, 0.25) is 0 Å². The summed E-state index contributed by atoms with van der Waals surface area (Å²) < 4.78 is 18.2. The lowest BCUT2D eigenvalue weighted by Gasteiger charge is -2.29. The Morgan fingerprint density at radius 1 is 1.33 bits per heavy atom. The van der Waals surface area contributed by atoms with Gasteiger partial charge in [-0.1, -0.05) is 6.07 Å². The van der Waals surface area contributed by atoms with Crippen molar-refractivity contribution < 1.29 is 19.0 Å². The number of rotatable bonds is 6. The van der Waals surface area contributed by atoms with Crippen molar-refractivity contribution in [2.75, 3.05) is 19.0 Å². The largest absolute Gasteiger partial charge is 0.493 e. The molecular weight excluding hydrogens is 348 g/mol. The predicted octanol–water partition coefficient (Wildman–Crippen LogP) is 2.93. The minimum Gasteiger partial charge on any atom is -0.493 e. The van der Waals surface area contributed by atoms with Gasteiger partial charge < -0.3 is 19.5 Å². The van der Waals surface area contributed by atoms with Gasteiger partial charge in [0.15, 0.2) is 11.5 Å². The zero-order valence-electron chi connectivity index (χ0n) is 16.1. The van der Waals surface area contributed by atoms with Crippen molar-refractivity contribution in [3.05, 3.63) is 41.4 Å². The minimum absolute atomic E-state index is 0.231. The van der Waals surface area contributed by atoms with E-state index in [1.54, 1.807) is 11.8 Å². The molecule has 0 radical (unpaired) electrons. The number of benzene rings is 1. The number of nitrogens with one attached hydrogen (secondary N) is 1. The molecule has 0 bridgehead atoms. The van der Waals surface area contributed by atoms with Crippen molar-refractivity contribution in [1.29, 1.82) is 0 Å². The minimum atomic E-state index is -0.486. The van der Waals surface area contributed by atoms with Crippen molar-refractivity contribution in [2.24, 2.45) is 0 Å². The molecule has 144 valence electrons. The third-order valence-electron chi connectivity index (χ3n) is 4.16. The molecule has 0 aliphatic carbocycles. The van der Waals surface area contributed by atoms with Gasteiger partial charge in [-0.3, -0.25) is 0 Å². The highest BCUT2D eigenvalue weighted by molar-refractivity contribution is 5.92. The first-order valence-electron chi connectivity index (χ1n) is 8.85. The summed E-state index contributed by atoms with van der Waals surface area (Å²) in [5, 5.41) is 7.43. The number of fused-ring (bicyclic) bond motifs is 1. The molecule has 1 N–H and O–H groups in total. The Balaban J connectivity index is 2.12. The number of carbonyl (C=O) groups is 1. The molecule has 1 aromatic heterocycles. The number of allylic oxidation sites excluding steroid dienone is 1. The third kappa shape index (κ3) is 3.60. The van der Waals surface area contributed by atoms with E-state index in [9.17, 15) is 4.79 Å². The van der Waals surface area contributed by atoms with Gasteiger partial charge in [0.2, 0.25) is 5.95 Å². The van der Waals surface area contributed by atoms with E-state index in [-0.39, 0.29) is 6.10 Å². The van der Waals surface area contributed by atoms with Gasteiger partial charge in [-0.15, -0.1) is 0 Å². The monoisotopic (exact) mass is 372 g/mol. The molecule has 0 spiro atoms. The normalized spacial score (nSPS) is 16.0. The van der Waals surface area contributed by atoms with E-state index in [2.05, 4.69) is 15.4 Å². The molecule has 3 rings (SSSR count). The molecule has 0 amide bonds. The number of hydrogen-bond acceptors (Lipinski definition) is 7. The number of aromatic nitrogens is 3. The topological polar surface area (TPSA) is 87.5 Å². The van der Waals surface area contributed by atoms with Crippen LogP contribution in [-0.2, 0) is 9.53 Å². The summed E-state index contributed by atoms with van der Waals surface area (Å²) in [5.41, 5.74) is 1.98. The van der Waals surface area contributed by atoms with E-state index in [1.165, 1.54) is 6.33 Å². The van der Waals surface area contributed by atoms with Crippen LogP contribution in [0.25, 0.3) is 0 Å². The number of methoxy groups -OCH3 is 1. The maximum atomic E-state index is 12.8.